The van der Waals surface area contributed by atoms with Crippen LogP contribution in [0, 0.1) is 11.6 Å². The fraction of sp³-hybridized carbons (Fsp3) is 0.412. The molecule has 9 heteroatoms. The standard InChI is InChI=1S/C9H12N2O3.C8H8F2O2/c1-6-2-3-7(14-6)9(12)10-8-4-5-13-11-8;9-6-2-1-3-7(8(6)10)12-5-4-11/h4-7H,2-3H2,1H3,(H,10,11,12);1-3,11H,4-5H2. The summed E-state index contributed by atoms with van der Waals surface area (Å²) in [6.45, 7) is 1.69. The van der Waals surface area contributed by atoms with Crippen LogP contribution in [0.2, 0.25) is 0 Å². The molecule has 0 spiro atoms. The van der Waals surface area contributed by atoms with Crippen LogP contribution < -0.4 is 10.1 Å². The molecule has 2 N–H and O–H groups in total. The Morgan fingerprint density at radius 3 is 2.81 bits per heavy atom. The van der Waals surface area contributed by atoms with Crippen LogP contribution in [-0.2, 0) is 9.53 Å². The third-order valence-electron chi connectivity index (χ3n) is 3.48. The van der Waals surface area contributed by atoms with Crippen molar-refractivity contribution in [1.82, 2.24) is 5.16 Å². The van der Waals surface area contributed by atoms with Gasteiger partial charge in [-0.3, -0.25) is 4.79 Å². The minimum Gasteiger partial charge on any atom is -0.488 e. The van der Waals surface area contributed by atoms with E-state index >= 15 is 0 Å². The molecule has 1 aliphatic heterocycles. The first-order chi connectivity index (χ1) is 12.5. The highest BCUT2D eigenvalue weighted by Crippen LogP contribution is 2.20. The monoisotopic (exact) mass is 370 g/mol. The number of aliphatic hydroxyl groups is 1. The molecule has 1 aliphatic rings. The van der Waals surface area contributed by atoms with Crippen molar-refractivity contribution in [3.05, 3.63) is 42.2 Å². The topological polar surface area (TPSA) is 93.8 Å². The maximum Gasteiger partial charge on any atom is 0.254 e. The molecule has 2 atom stereocenters. The first-order valence-corrected chi connectivity index (χ1v) is 8.05. The number of amides is 1. The van der Waals surface area contributed by atoms with Gasteiger partial charge in [0.15, 0.2) is 17.4 Å². The maximum absolute atomic E-state index is 12.7. The van der Waals surface area contributed by atoms with Crippen LogP contribution in [0.25, 0.3) is 0 Å². The summed E-state index contributed by atoms with van der Waals surface area (Å²) in [5, 5.41) is 14.5. The molecule has 0 saturated carbocycles. The van der Waals surface area contributed by atoms with Crippen LogP contribution in [0.4, 0.5) is 14.6 Å². The van der Waals surface area contributed by atoms with Crippen molar-refractivity contribution < 1.29 is 32.7 Å². The zero-order valence-electron chi connectivity index (χ0n) is 14.2. The second kappa shape index (κ2) is 9.83. The van der Waals surface area contributed by atoms with E-state index in [1.54, 1.807) is 6.07 Å². The molecule has 0 radical (unpaired) electrons. The number of hydrogen-bond acceptors (Lipinski definition) is 6. The van der Waals surface area contributed by atoms with E-state index in [-0.39, 0.29) is 37.1 Å². The summed E-state index contributed by atoms with van der Waals surface area (Å²) in [5.74, 6) is -1.87. The first kappa shape index (κ1) is 19.8. The van der Waals surface area contributed by atoms with Crippen molar-refractivity contribution in [3.8, 4) is 5.75 Å². The lowest BCUT2D eigenvalue weighted by molar-refractivity contribution is -0.126. The molecule has 7 nitrogen and oxygen atoms in total. The molecule has 1 saturated heterocycles. The van der Waals surface area contributed by atoms with Crippen LogP contribution in [-0.4, -0.2) is 41.6 Å². The molecule has 2 heterocycles. The predicted molar refractivity (Wildman–Crippen MR) is 87.6 cm³/mol. The summed E-state index contributed by atoms with van der Waals surface area (Å²) in [6, 6.07) is 5.23. The Labute approximate surface area is 148 Å². The van der Waals surface area contributed by atoms with Gasteiger partial charge in [0.25, 0.3) is 5.91 Å². The first-order valence-electron chi connectivity index (χ1n) is 8.05. The molecule has 142 valence electrons. The smallest absolute Gasteiger partial charge is 0.254 e. The van der Waals surface area contributed by atoms with Crippen molar-refractivity contribution in [2.75, 3.05) is 18.5 Å². The zero-order valence-corrected chi connectivity index (χ0v) is 14.2. The maximum atomic E-state index is 12.7. The van der Waals surface area contributed by atoms with Crippen molar-refractivity contribution in [3.63, 3.8) is 0 Å². The van der Waals surface area contributed by atoms with Gasteiger partial charge in [-0.1, -0.05) is 11.2 Å². The van der Waals surface area contributed by atoms with E-state index in [4.69, 9.17) is 14.6 Å². The van der Waals surface area contributed by atoms with E-state index in [1.807, 2.05) is 6.92 Å². The largest absolute Gasteiger partial charge is 0.488 e. The van der Waals surface area contributed by atoms with E-state index in [1.165, 1.54) is 18.4 Å². The number of carbonyl (C=O) groups is 1. The van der Waals surface area contributed by atoms with Crippen LogP contribution in [0.5, 0.6) is 5.75 Å². The molecule has 1 aromatic heterocycles. The van der Waals surface area contributed by atoms with Gasteiger partial charge >= 0.3 is 0 Å². The molecule has 1 aromatic carbocycles. The SMILES string of the molecule is CC1CCC(C(=O)Nc2ccon2)O1.OCCOc1cccc(F)c1F. The van der Waals surface area contributed by atoms with Crippen LogP contribution in [0.3, 0.4) is 0 Å². The molecular weight excluding hydrogens is 350 g/mol. The van der Waals surface area contributed by atoms with Gasteiger partial charge in [-0.2, -0.15) is 4.39 Å². The number of anilines is 1. The van der Waals surface area contributed by atoms with E-state index in [0.29, 0.717) is 5.82 Å². The minimum absolute atomic E-state index is 0.0413. The Bertz CT molecular complexity index is 696. The summed E-state index contributed by atoms with van der Waals surface area (Å²) >= 11 is 0. The lowest BCUT2D eigenvalue weighted by atomic mass is 10.2. The van der Waals surface area contributed by atoms with Gasteiger partial charge in [0.1, 0.15) is 19.0 Å². The summed E-state index contributed by atoms with van der Waals surface area (Å²) < 4.78 is 39.9. The van der Waals surface area contributed by atoms with E-state index in [9.17, 15) is 13.6 Å². The number of aliphatic hydroxyl groups excluding tert-OH is 1. The van der Waals surface area contributed by atoms with Gasteiger partial charge in [0, 0.05) is 6.07 Å². The molecule has 26 heavy (non-hydrogen) atoms. The number of ether oxygens (including phenoxy) is 2. The Morgan fingerprint density at radius 2 is 2.19 bits per heavy atom. The molecule has 3 rings (SSSR count). The summed E-state index contributed by atoms with van der Waals surface area (Å²) in [7, 11) is 0. The molecule has 1 amide bonds. The van der Waals surface area contributed by atoms with Gasteiger partial charge in [-0.15, -0.1) is 0 Å². The number of rotatable bonds is 5. The number of benzene rings is 1. The van der Waals surface area contributed by atoms with Gasteiger partial charge in [0.2, 0.25) is 5.82 Å². The third kappa shape index (κ3) is 5.78. The second-order valence-electron chi connectivity index (χ2n) is 5.51. The second-order valence-corrected chi connectivity index (χ2v) is 5.51. The van der Waals surface area contributed by atoms with Gasteiger partial charge in [-0.05, 0) is 31.9 Å². The number of carbonyl (C=O) groups excluding carboxylic acids is 1. The fourth-order valence-electron chi connectivity index (χ4n) is 2.23. The third-order valence-corrected chi connectivity index (χ3v) is 3.48. The minimum atomic E-state index is -1.02. The van der Waals surface area contributed by atoms with Gasteiger partial charge in [-0.25, -0.2) is 4.39 Å². The van der Waals surface area contributed by atoms with Crippen molar-refractivity contribution >= 4 is 11.7 Å². The van der Waals surface area contributed by atoms with Crippen molar-refractivity contribution in [1.29, 1.82) is 0 Å². The number of halogens is 2. The van der Waals surface area contributed by atoms with Crippen molar-refractivity contribution in [2.24, 2.45) is 0 Å². The lowest BCUT2D eigenvalue weighted by Gasteiger charge is -2.09. The molecule has 1 fully saturated rings. The Hall–Kier alpha value is -2.52. The fourth-order valence-corrected chi connectivity index (χ4v) is 2.23. The van der Waals surface area contributed by atoms with Crippen LogP contribution >= 0.6 is 0 Å². The van der Waals surface area contributed by atoms with Crippen LogP contribution in [0.1, 0.15) is 19.8 Å². The Morgan fingerprint density at radius 1 is 1.38 bits per heavy atom. The molecule has 0 bridgehead atoms. The highest BCUT2D eigenvalue weighted by atomic mass is 19.2. The van der Waals surface area contributed by atoms with Gasteiger partial charge in [0.05, 0.1) is 12.7 Å². The zero-order chi connectivity index (χ0) is 18.9. The average Bonchev–Trinajstić information content (AvgIpc) is 3.28. The highest BCUT2D eigenvalue weighted by Gasteiger charge is 2.28. The number of nitrogens with one attached hydrogen (secondary N) is 1. The van der Waals surface area contributed by atoms with E-state index in [2.05, 4.69) is 15.0 Å². The summed E-state index contributed by atoms with van der Waals surface area (Å²) in [4.78, 5) is 11.5. The molecule has 2 aromatic rings. The normalized spacial score (nSPS) is 18.8. The van der Waals surface area contributed by atoms with Crippen LogP contribution in [0.15, 0.2) is 35.1 Å². The van der Waals surface area contributed by atoms with E-state index in [0.717, 1.165) is 18.9 Å². The highest BCUT2D eigenvalue weighted by molar-refractivity contribution is 5.93. The van der Waals surface area contributed by atoms with Gasteiger partial charge < -0.3 is 24.4 Å². The predicted octanol–water partition coefficient (Wildman–Crippen LogP) is 2.52. The molecular formula is C17H20F2N2O5. The number of hydrogen-bond donors (Lipinski definition) is 2. The summed E-state index contributed by atoms with van der Waals surface area (Å²) in [5.41, 5.74) is 0. The van der Waals surface area contributed by atoms with Crippen molar-refractivity contribution in [2.45, 2.75) is 32.0 Å². The summed E-state index contributed by atoms with van der Waals surface area (Å²) in [6.07, 6.45) is 2.93. The molecule has 2 unspecified atom stereocenters. The lowest BCUT2D eigenvalue weighted by Crippen LogP contribution is -2.27. The number of nitrogens with zero attached hydrogens (tertiary/aromatic N) is 1. The number of aromatic nitrogens is 1. The Kier molecular flexibility index (Phi) is 7.49. The Balaban J connectivity index is 0.000000190. The quantitative estimate of drug-likeness (QED) is 0.840. The molecule has 0 aliphatic carbocycles. The average molecular weight is 370 g/mol. The van der Waals surface area contributed by atoms with E-state index < -0.39 is 11.6 Å².